The van der Waals surface area contributed by atoms with Crippen molar-refractivity contribution in [3.05, 3.63) is 18.2 Å². The van der Waals surface area contributed by atoms with E-state index in [1.54, 1.807) is 24.8 Å². The summed E-state index contributed by atoms with van der Waals surface area (Å²) in [7, 11) is -6.69. The number of aromatic nitrogens is 1. The lowest BCUT2D eigenvalue weighted by molar-refractivity contribution is -0.129. The van der Waals surface area contributed by atoms with Gasteiger partial charge in [0.2, 0.25) is 15.9 Å². The van der Waals surface area contributed by atoms with E-state index in [0.717, 1.165) is 11.8 Å². The van der Waals surface area contributed by atoms with Crippen molar-refractivity contribution in [3.8, 4) is 0 Å². The number of thioether (sulfide) groups is 1. The van der Waals surface area contributed by atoms with E-state index < -0.39 is 19.9 Å². The van der Waals surface area contributed by atoms with Crippen molar-refractivity contribution >= 4 is 48.6 Å². The van der Waals surface area contributed by atoms with Gasteiger partial charge in [0.1, 0.15) is 5.52 Å². The zero-order chi connectivity index (χ0) is 22.8. The molecule has 0 N–H and O–H groups in total. The molecule has 1 aliphatic heterocycles. The molecule has 9 nitrogen and oxygen atoms in total. The van der Waals surface area contributed by atoms with Crippen molar-refractivity contribution in [3.63, 3.8) is 0 Å². The fourth-order valence-corrected chi connectivity index (χ4v) is 7.62. The second-order valence-corrected chi connectivity index (χ2v) is 12.3. The van der Waals surface area contributed by atoms with E-state index in [1.807, 2.05) is 6.92 Å². The molecule has 1 saturated heterocycles. The topological polar surface area (TPSA) is 118 Å². The first-order chi connectivity index (χ1) is 14.6. The summed E-state index contributed by atoms with van der Waals surface area (Å²) >= 11 is 1.11. The van der Waals surface area contributed by atoms with E-state index in [2.05, 4.69) is 4.98 Å². The number of sulfonamides is 1. The molecule has 172 valence electrons. The molecule has 12 heteroatoms. The van der Waals surface area contributed by atoms with E-state index in [-0.39, 0.29) is 39.3 Å². The van der Waals surface area contributed by atoms with Crippen LogP contribution < -0.4 is 0 Å². The van der Waals surface area contributed by atoms with E-state index in [0.29, 0.717) is 37.2 Å². The van der Waals surface area contributed by atoms with Gasteiger partial charge >= 0.3 is 0 Å². The minimum atomic E-state index is -3.61. The number of carbonyl (C=O) groups is 1. The van der Waals surface area contributed by atoms with Gasteiger partial charge in [-0.2, -0.15) is 4.31 Å². The minimum Gasteiger partial charge on any atom is -0.431 e. The van der Waals surface area contributed by atoms with Crippen LogP contribution in [0.1, 0.15) is 27.2 Å². The lowest BCUT2D eigenvalue weighted by Crippen LogP contribution is -2.41. The lowest BCUT2D eigenvalue weighted by atomic mass is 10.2. The van der Waals surface area contributed by atoms with E-state index in [9.17, 15) is 21.6 Å². The lowest BCUT2D eigenvalue weighted by Gasteiger charge is -2.26. The van der Waals surface area contributed by atoms with Crippen molar-refractivity contribution in [1.29, 1.82) is 0 Å². The number of oxazole rings is 1. The summed E-state index contributed by atoms with van der Waals surface area (Å²) < 4.78 is 55.9. The molecule has 1 fully saturated rings. The summed E-state index contributed by atoms with van der Waals surface area (Å²) in [6.45, 7) is 6.55. The van der Waals surface area contributed by atoms with E-state index in [1.165, 1.54) is 16.4 Å². The van der Waals surface area contributed by atoms with Crippen LogP contribution in [0.15, 0.2) is 32.7 Å². The number of benzene rings is 1. The van der Waals surface area contributed by atoms with Gasteiger partial charge in [0.25, 0.3) is 5.22 Å². The third kappa shape index (κ3) is 5.24. The van der Waals surface area contributed by atoms with Crippen molar-refractivity contribution < 1.29 is 26.0 Å². The number of rotatable bonds is 9. The Balaban J connectivity index is 1.72. The van der Waals surface area contributed by atoms with Crippen molar-refractivity contribution in [2.45, 2.75) is 43.4 Å². The van der Waals surface area contributed by atoms with Crippen LogP contribution in [-0.2, 0) is 24.7 Å². The zero-order valence-corrected chi connectivity index (χ0v) is 20.2. The smallest absolute Gasteiger partial charge is 0.257 e. The highest BCUT2D eigenvalue weighted by molar-refractivity contribution is 7.99. The molecule has 0 aliphatic carbocycles. The number of sulfone groups is 1. The number of carbonyl (C=O) groups excluding carboxylic acids is 1. The van der Waals surface area contributed by atoms with Gasteiger partial charge < -0.3 is 9.32 Å². The summed E-state index contributed by atoms with van der Waals surface area (Å²) in [5, 5.41) is 0.260. The fraction of sp³-hybridized carbons (Fsp3) is 0.579. The Morgan fingerprint density at radius 1 is 1.23 bits per heavy atom. The Morgan fingerprint density at radius 2 is 1.94 bits per heavy atom. The average Bonchev–Trinajstić information content (AvgIpc) is 3.29. The highest BCUT2D eigenvalue weighted by atomic mass is 32.2. The molecule has 0 radical (unpaired) electrons. The van der Waals surface area contributed by atoms with Crippen LogP contribution in [0.2, 0.25) is 0 Å². The average molecular weight is 490 g/mol. The molecule has 0 saturated carbocycles. The molecule has 1 atom stereocenters. The Bertz CT molecular complexity index is 1160. The van der Waals surface area contributed by atoms with Crippen LogP contribution in [0.25, 0.3) is 11.1 Å². The maximum absolute atomic E-state index is 12.7. The predicted molar refractivity (Wildman–Crippen MR) is 119 cm³/mol. The number of amides is 1. The molecule has 3 rings (SSSR count). The first kappa shape index (κ1) is 24.0. The summed E-state index contributed by atoms with van der Waals surface area (Å²) in [6, 6.07) is 4.23. The molecule has 1 aromatic carbocycles. The zero-order valence-electron chi connectivity index (χ0n) is 17.8. The fourth-order valence-electron chi connectivity index (χ4n) is 3.69. The number of hydrogen-bond donors (Lipinski definition) is 0. The first-order valence-corrected chi connectivity index (χ1v) is 14.4. The molecular weight excluding hydrogens is 462 g/mol. The van der Waals surface area contributed by atoms with Gasteiger partial charge in [0, 0.05) is 25.7 Å². The van der Waals surface area contributed by atoms with Gasteiger partial charge in [-0.15, -0.1) is 0 Å². The van der Waals surface area contributed by atoms with Gasteiger partial charge in [-0.1, -0.05) is 25.6 Å². The standard InChI is InChI=1S/C19H27N3O6S3/c1-4-21(5-2)31(26,27)15-7-8-17-16(11-15)20-19(28-17)29-12-18(23)22(6-3)14-9-10-30(24,25)13-14/h7-8,11,14H,4-6,9-10,12-13H2,1-3H3/t14-/m1/s1. The van der Waals surface area contributed by atoms with Crippen LogP contribution >= 0.6 is 11.8 Å². The molecule has 2 heterocycles. The Morgan fingerprint density at radius 3 is 2.52 bits per heavy atom. The highest BCUT2D eigenvalue weighted by Gasteiger charge is 2.34. The van der Waals surface area contributed by atoms with E-state index in [4.69, 9.17) is 4.42 Å². The molecule has 0 unspecified atom stereocenters. The largest absolute Gasteiger partial charge is 0.431 e. The van der Waals surface area contributed by atoms with Crippen LogP contribution in [0.3, 0.4) is 0 Å². The maximum atomic E-state index is 12.7. The Kier molecular flexibility index (Phi) is 7.34. The third-order valence-electron chi connectivity index (χ3n) is 5.31. The second kappa shape index (κ2) is 9.47. The molecule has 1 amide bonds. The molecule has 0 spiro atoms. The summed E-state index contributed by atoms with van der Waals surface area (Å²) in [6.07, 6.45) is 0.458. The van der Waals surface area contributed by atoms with Gasteiger partial charge in [-0.3, -0.25) is 4.79 Å². The quantitative estimate of drug-likeness (QED) is 0.491. The van der Waals surface area contributed by atoms with Crippen molar-refractivity contribution in [2.24, 2.45) is 0 Å². The minimum absolute atomic E-state index is 0.00389. The van der Waals surface area contributed by atoms with Crippen LogP contribution in [0.5, 0.6) is 0 Å². The number of fused-ring (bicyclic) bond motifs is 1. The summed E-state index contributed by atoms with van der Waals surface area (Å²) in [5.74, 6) is -0.00820. The van der Waals surface area contributed by atoms with Crippen LogP contribution in [0, 0.1) is 0 Å². The van der Waals surface area contributed by atoms with Crippen molar-refractivity contribution in [2.75, 3.05) is 36.9 Å². The van der Waals surface area contributed by atoms with Crippen LogP contribution in [0.4, 0.5) is 0 Å². The molecular formula is C19H27N3O6S3. The molecule has 2 aromatic rings. The highest BCUT2D eigenvalue weighted by Crippen LogP contribution is 2.27. The van der Waals surface area contributed by atoms with Gasteiger partial charge in [-0.25, -0.2) is 21.8 Å². The van der Waals surface area contributed by atoms with Crippen molar-refractivity contribution in [1.82, 2.24) is 14.2 Å². The number of nitrogens with zero attached hydrogens (tertiary/aromatic N) is 3. The number of hydrogen-bond acceptors (Lipinski definition) is 8. The molecule has 31 heavy (non-hydrogen) atoms. The molecule has 0 bridgehead atoms. The van der Waals surface area contributed by atoms with E-state index >= 15 is 0 Å². The summed E-state index contributed by atoms with van der Waals surface area (Å²) in [5.41, 5.74) is 0.833. The predicted octanol–water partition coefficient (Wildman–Crippen LogP) is 1.99. The van der Waals surface area contributed by atoms with Gasteiger partial charge in [-0.05, 0) is 31.5 Å². The SMILES string of the molecule is CCN(C(=O)CSc1nc2cc(S(=O)(=O)N(CC)CC)ccc2o1)[C@@H]1CCS(=O)(=O)C1. The van der Waals surface area contributed by atoms with Gasteiger partial charge in [0.05, 0.1) is 22.2 Å². The van der Waals surface area contributed by atoms with Gasteiger partial charge in [0.15, 0.2) is 15.4 Å². The summed E-state index contributed by atoms with van der Waals surface area (Å²) in [4.78, 5) is 18.7. The Labute approximate surface area is 187 Å². The third-order valence-corrected chi connectivity index (χ3v) is 9.92. The monoisotopic (exact) mass is 489 g/mol. The van der Waals surface area contributed by atoms with Crippen LogP contribution in [-0.4, -0.2) is 79.9 Å². The second-order valence-electron chi connectivity index (χ2n) is 7.22. The first-order valence-electron chi connectivity index (χ1n) is 10.1. The normalized spacial score (nSPS) is 18.6. The molecule has 1 aromatic heterocycles. The maximum Gasteiger partial charge on any atom is 0.257 e. The Hall–Kier alpha value is -1.63. The molecule has 1 aliphatic rings.